The SMILES string of the molecule is Cc1nc(CN2CCC(COc3ccccn3)CC2)no1. The Labute approximate surface area is 124 Å². The normalized spacial score (nSPS) is 17.0. The third kappa shape index (κ3) is 4.01. The molecule has 112 valence electrons. The molecule has 3 heterocycles. The molecule has 3 rings (SSSR count). The Balaban J connectivity index is 1.40. The number of nitrogens with zero attached hydrogens (tertiary/aromatic N) is 4. The highest BCUT2D eigenvalue weighted by Gasteiger charge is 2.21. The lowest BCUT2D eigenvalue weighted by Gasteiger charge is -2.30. The Morgan fingerprint density at radius 2 is 2.19 bits per heavy atom. The summed E-state index contributed by atoms with van der Waals surface area (Å²) in [5.74, 6) is 2.71. The predicted octanol–water partition coefficient (Wildman–Crippen LogP) is 2.06. The molecule has 2 aromatic heterocycles. The van der Waals surface area contributed by atoms with E-state index in [1.807, 2.05) is 25.1 Å². The summed E-state index contributed by atoms with van der Waals surface area (Å²) in [6.07, 6.45) is 4.01. The number of ether oxygens (including phenoxy) is 1. The number of rotatable bonds is 5. The number of pyridine rings is 1. The molecule has 6 nitrogen and oxygen atoms in total. The minimum Gasteiger partial charge on any atom is -0.477 e. The molecule has 21 heavy (non-hydrogen) atoms. The average Bonchev–Trinajstić information content (AvgIpc) is 2.93. The first kappa shape index (κ1) is 14.0. The first-order valence-corrected chi connectivity index (χ1v) is 7.35. The van der Waals surface area contributed by atoms with E-state index in [0.29, 0.717) is 17.7 Å². The van der Waals surface area contributed by atoms with Gasteiger partial charge in [-0.3, -0.25) is 4.90 Å². The number of aryl methyl sites for hydroxylation is 1. The molecule has 1 saturated heterocycles. The molecule has 2 aromatic rings. The summed E-state index contributed by atoms with van der Waals surface area (Å²) in [4.78, 5) is 10.8. The summed E-state index contributed by atoms with van der Waals surface area (Å²) < 4.78 is 10.7. The first-order chi connectivity index (χ1) is 10.3. The Bertz CT molecular complexity index is 550. The van der Waals surface area contributed by atoms with Crippen molar-refractivity contribution in [3.63, 3.8) is 0 Å². The highest BCUT2D eigenvalue weighted by Crippen LogP contribution is 2.19. The number of piperidine rings is 1. The van der Waals surface area contributed by atoms with Crippen LogP contribution in [-0.2, 0) is 6.54 Å². The summed E-state index contributed by atoms with van der Waals surface area (Å²) in [7, 11) is 0. The van der Waals surface area contributed by atoms with Crippen molar-refractivity contribution in [2.75, 3.05) is 19.7 Å². The molecule has 1 aliphatic rings. The quantitative estimate of drug-likeness (QED) is 0.839. The largest absolute Gasteiger partial charge is 0.477 e. The number of hydrogen-bond donors (Lipinski definition) is 0. The van der Waals surface area contributed by atoms with Crippen LogP contribution in [0.4, 0.5) is 0 Å². The molecule has 0 bridgehead atoms. The van der Waals surface area contributed by atoms with Crippen LogP contribution in [0.5, 0.6) is 5.88 Å². The van der Waals surface area contributed by atoms with Crippen LogP contribution >= 0.6 is 0 Å². The van der Waals surface area contributed by atoms with Gasteiger partial charge in [0.1, 0.15) is 0 Å². The number of likely N-dealkylation sites (tertiary alicyclic amines) is 1. The van der Waals surface area contributed by atoms with Crippen molar-refractivity contribution >= 4 is 0 Å². The van der Waals surface area contributed by atoms with Gasteiger partial charge in [0, 0.05) is 19.2 Å². The second kappa shape index (κ2) is 6.67. The molecule has 6 heteroatoms. The molecule has 0 radical (unpaired) electrons. The minimum atomic E-state index is 0.593. The van der Waals surface area contributed by atoms with Gasteiger partial charge in [-0.2, -0.15) is 4.98 Å². The van der Waals surface area contributed by atoms with Gasteiger partial charge >= 0.3 is 0 Å². The van der Waals surface area contributed by atoms with E-state index in [-0.39, 0.29) is 0 Å². The second-order valence-electron chi connectivity index (χ2n) is 5.43. The third-order valence-electron chi connectivity index (χ3n) is 3.75. The topological polar surface area (TPSA) is 64.3 Å². The lowest BCUT2D eigenvalue weighted by molar-refractivity contribution is 0.132. The van der Waals surface area contributed by atoms with E-state index < -0.39 is 0 Å². The molecule has 0 aliphatic carbocycles. The lowest BCUT2D eigenvalue weighted by atomic mass is 9.98. The third-order valence-corrected chi connectivity index (χ3v) is 3.75. The molecular weight excluding hydrogens is 268 g/mol. The van der Waals surface area contributed by atoms with Crippen LogP contribution < -0.4 is 4.74 Å². The van der Waals surface area contributed by atoms with Crippen molar-refractivity contribution < 1.29 is 9.26 Å². The van der Waals surface area contributed by atoms with Crippen molar-refractivity contribution in [2.24, 2.45) is 5.92 Å². The van der Waals surface area contributed by atoms with Gasteiger partial charge in [-0.1, -0.05) is 11.2 Å². The van der Waals surface area contributed by atoms with Crippen molar-refractivity contribution in [3.05, 3.63) is 36.1 Å². The summed E-state index contributed by atoms with van der Waals surface area (Å²) in [5, 5.41) is 3.94. The van der Waals surface area contributed by atoms with Crippen LogP contribution in [0.1, 0.15) is 24.6 Å². The molecule has 0 N–H and O–H groups in total. The Kier molecular flexibility index (Phi) is 4.45. The van der Waals surface area contributed by atoms with Gasteiger partial charge in [0.2, 0.25) is 11.8 Å². The molecule has 0 spiro atoms. The molecule has 0 atom stereocenters. The monoisotopic (exact) mass is 288 g/mol. The number of aromatic nitrogens is 3. The number of hydrogen-bond acceptors (Lipinski definition) is 6. The summed E-state index contributed by atoms with van der Waals surface area (Å²) >= 11 is 0. The Morgan fingerprint density at radius 3 is 2.86 bits per heavy atom. The molecule has 0 amide bonds. The maximum Gasteiger partial charge on any atom is 0.223 e. The molecule has 0 saturated carbocycles. The molecule has 0 aromatic carbocycles. The van der Waals surface area contributed by atoms with Gasteiger partial charge < -0.3 is 9.26 Å². The fourth-order valence-corrected chi connectivity index (χ4v) is 2.55. The summed E-state index contributed by atoms with van der Waals surface area (Å²) in [6.45, 7) is 5.42. The predicted molar refractivity (Wildman–Crippen MR) is 76.8 cm³/mol. The van der Waals surface area contributed by atoms with E-state index in [9.17, 15) is 0 Å². The molecule has 1 aliphatic heterocycles. The first-order valence-electron chi connectivity index (χ1n) is 7.35. The highest BCUT2D eigenvalue weighted by atomic mass is 16.5. The van der Waals surface area contributed by atoms with Gasteiger partial charge in [0.05, 0.1) is 13.2 Å². The summed E-state index contributed by atoms with van der Waals surface area (Å²) in [5.41, 5.74) is 0. The van der Waals surface area contributed by atoms with Crippen molar-refractivity contribution in [1.82, 2.24) is 20.0 Å². The minimum absolute atomic E-state index is 0.593. The van der Waals surface area contributed by atoms with E-state index in [2.05, 4.69) is 20.0 Å². The Hall–Kier alpha value is -1.95. The van der Waals surface area contributed by atoms with Crippen LogP contribution in [0.2, 0.25) is 0 Å². The summed E-state index contributed by atoms with van der Waals surface area (Å²) in [6, 6.07) is 5.73. The maximum atomic E-state index is 5.73. The van der Waals surface area contributed by atoms with Crippen LogP contribution in [-0.4, -0.2) is 39.7 Å². The molecular formula is C15H20N4O2. The standard InChI is InChI=1S/C15H20N4O2/c1-12-17-14(18-21-12)10-19-8-5-13(6-9-19)11-20-15-4-2-3-7-16-15/h2-4,7,13H,5-6,8-11H2,1H3. The average molecular weight is 288 g/mol. The van der Waals surface area contributed by atoms with Crippen molar-refractivity contribution in [1.29, 1.82) is 0 Å². The zero-order valence-corrected chi connectivity index (χ0v) is 12.2. The van der Waals surface area contributed by atoms with Crippen LogP contribution in [0, 0.1) is 12.8 Å². The van der Waals surface area contributed by atoms with E-state index in [1.165, 1.54) is 0 Å². The fraction of sp³-hybridized carbons (Fsp3) is 0.533. The van der Waals surface area contributed by atoms with E-state index in [1.54, 1.807) is 6.20 Å². The highest BCUT2D eigenvalue weighted by molar-refractivity contribution is 5.09. The van der Waals surface area contributed by atoms with Crippen LogP contribution in [0.25, 0.3) is 0 Å². The zero-order valence-electron chi connectivity index (χ0n) is 12.2. The molecule has 0 unspecified atom stereocenters. The van der Waals surface area contributed by atoms with Crippen molar-refractivity contribution in [2.45, 2.75) is 26.3 Å². The van der Waals surface area contributed by atoms with Gasteiger partial charge in [-0.05, 0) is 37.9 Å². The van der Waals surface area contributed by atoms with Crippen LogP contribution in [0.3, 0.4) is 0 Å². The maximum absolute atomic E-state index is 5.73. The fourth-order valence-electron chi connectivity index (χ4n) is 2.55. The second-order valence-corrected chi connectivity index (χ2v) is 5.43. The smallest absolute Gasteiger partial charge is 0.223 e. The van der Waals surface area contributed by atoms with Gasteiger partial charge in [-0.15, -0.1) is 0 Å². The van der Waals surface area contributed by atoms with Gasteiger partial charge in [0.15, 0.2) is 5.82 Å². The van der Waals surface area contributed by atoms with E-state index in [4.69, 9.17) is 9.26 Å². The van der Waals surface area contributed by atoms with Gasteiger partial charge in [-0.25, -0.2) is 4.98 Å². The lowest BCUT2D eigenvalue weighted by Crippen LogP contribution is -2.35. The van der Waals surface area contributed by atoms with Gasteiger partial charge in [0.25, 0.3) is 0 Å². The van der Waals surface area contributed by atoms with E-state index in [0.717, 1.165) is 44.9 Å². The van der Waals surface area contributed by atoms with Crippen LogP contribution in [0.15, 0.2) is 28.9 Å². The Morgan fingerprint density at radius 1 is 1.33 bits per heavy atom. The molecule has 1 fully saturated rings. The zero-order chi connectivity index (χ0) is 14.5. The van der Waals surface area contributed by atoms with E-state index >= 15 is 0 Å². The van der Waals surface area contributed by atoms with Crippen molar-refractivity contribution in [3.8, 4) is 5.88 Å².